The van der Waals surface area contributed by atoms with Crippen molar-refractivity contribution >= 4 is 22.0 Å². The fraction of sp³-hybridized carbons (Fsp3) is 0.258. The molecule has 1 aliphatic heterocycles. The summed E-state index contributed by atoms with van der Waals surface area (Å²) in [5.41, 5.74) is 6.78. The van der Waals surface area contributed by atoms with Gasteiger partial charge in [-0.2, -0.15) is 10.4 Å². The van der Waals surface area contributed by atoms with Crippen LogP contribution in [0.2, 0.25) is 0 Å². The predicted molar refractivity (Wildman–Crippen MR) is 141 cm³/mol. The van der Waals surface area contributed by atoms with Gasteiger partial charge in [-0.3, -0.25) is 0 Å². The van der Waals surface area contributed by atoms with E-state index in [1.165, 1.54) is 21.9 Å². The molecule has 0 bridgehead atoms. The summed E-state index contributed by atoms with van der Waals surface area (Å²) < 4.78 is 7.88. The summed E-state index contributed by atoms with van der Waals surface area (Å²) in [6.45, 7) is 15.5. The monoisotopic (exact) mass is 448 g/mol. The van der Waals surface area contributed by atoms with E-state index >= 15 is 0 Å². The minimum Gasteiger partial charge on any atom is -0.660 e. The van der Waals surface area contributed by atoms with Crippen molar-refractivity contribution in [3.05, 3.63) is 107 Å². The van der Waals surface area contributed by atoms with Crippen LogP contribution in [0.1, 0.15) is 57.9 Å². The molecule has 34 heavy (non-hydrogen) atoms. The number of furan rings is 1. The molecule has 2 aromatic carbocycles. The molecule has 0 radical (unpaired) electrons. The Labute approximate surface area is 201 Å². The third-order valence-electron chi connectivity index (χ3n) is 6.48. The third kappa shape index (κ3) is 3.96. The van der Waals surface area contributed by atoms with E-state index in [2.05, 4.69) is 95.9 Å². The number of nitrogens with zero attached hydrogens (tertiary/aromatic N) is 2. The first-order chi connectivity index (χ1) is 16.2. The van der Waals surface area contributed by atoms with Crippen LogP contribution >= 0.6 is 0 Å². The lowest BCUT2D eigenvalue weighted by Gasteiger charge is -2.29. The zero-order valence-corrected chi connectivity index (χ0v) is 20.7. The average molecular weight is 449 g/mol. The number of benzene rings is 2. The Morgan fingerprint density at radius 2 is 1.82 bits per heavy atom. The molecule has 4 aromatic rings. The van der Waals surface area contributed by atoms with Gasteiger partial charge in [0, 0.05) is 23.3 Å². The molecule has 0 saturated heterocycles. The molecule has 0 N–H and O–H groups in total. The van der Waals surface area contributed by atoms with Crippen molar-refractivity contribution in [2.45, 2.75) is 46.5 Å². The Morgan fingerprint density at radius 1 is 1.03 bits per heavy atom. The third-order valence-corrected chi connectivity index (χ3v) is 6.48. The second-order valence-electron chi connectivity index (χ2n) is 10.7. The Hall–Kier alpha value is -3.59. The van der Waals surface area contributed by atoms with Crippen LogP contribution in [0, 0.1) is 12.6 Å². The van der Waals surface area contributed by atoms with Crippen molar-refractivity contribution < 1.29 is 8.66 Å². The highest BCUT2D eigenvalue weighted by Gasteiger charge is 2.21. The lowest BCUT2D eigenvalue weighted by atomic mass is 9.82. The number of aromatic nitrogens is 1. The van der Waals surface area contributed by atoms with Crippen LogP contribution in [-0.4, -0.2) is 0 Å². The zero-order valence-electron chi connectivity index (χ0n) is 20.7. The summed E-state index contributed by atoms with van der Waals surface area (Å²) in [5.74, 6) is 1.41. The number of rotatable bonds is 3. The average Bonchev–Trinajstić information content (AvgIpc) is 3.29. The molecule has 0 unspecified atom stereocenters. The van der Waals surface area contributed by atoms with Gasteiger partial charge in [-0.05, 0) is 57.5 Å². The number of fused-ring (bicyclic) bond motifs is 2. The van der Waals surface area contributed by atoms with Crippen molar-refractivity contribution in [1.82, 2.24) is 0 Å². The fourth-order valence-electron chi connectivity index (χ4n) is 4.83. The number of allylic oxidation sites excluding steroid dienone is 1. The predicted octanol–water partition coefficient (Wildman–Crippen LogP) is 7.26. The lowest BCUT2D eigenvalue weighted by Crippen LogP contribution is -2.22. The van der Waals surface area contributed by atoms with Crippen LogP contribution in [0.4, 0.5) is 0 Å². The van der Waals surface area contributed by atoms with Crippen LogP contribution in [-0.2, 0) is 5.41 Å². The Balaban J connectivity index is 1.71. The Morgan fingerprint density at radius 3 is 2.59 bits per heavy atom. The van der Waals surface area contributed by atoms with E-state index in [0.29, 0.717) is 5.92 Å². The maximum Gasteiger partial charge on any atom is 0.217 e. The first-order valence-corrected chi connectivity index (χ1v) is 12.0. The van der Waals surface area contributed by atoms with E-state index in [4.69, 9.17) is 9.73 Å². The first-order valence-electron chi connectivity index (χ1n) is 12.0. The molecule has 1 aliphatic rings. The van der Waals surface area contributed by atoms with Gasteiger partial charge in [0.15, 0.2) is 6.20 Å². The highest BCUT2D eigenvalue weighted by molar-refractivity contribution is 5.91. The van der Waals surface area contributed by atoms with E-state index in [1.54, 1.807) is 6.26 Å². The second kappa shape index (κ2) is 8.32. The summed E-state index contributed by atoms with van der Waals surface area (Å²) in [5, 5.41) is 8.41. The van der Waals surface area contributed by atoms with Gasteiger partial charge in [-0.15, -0.1) is 0 Å². The van der Waals surface area contributed by atoms with Crippen LogP contribution in [0.3, 0.4) is 0 Å². The quantitative estimate of drug-likeness (QED) is 0.304. The smallest absolute Gasteiger partial charge is 0.217 e. The Kier molecular flexibility index (Phi) is 5.44. The number of pyridine rings is 1. The molecule has 0 spiro atoms. The van der Waals surface area contributed by atoms with Gasteiger partial charge in [0.05, 0.1) is 6.26 Å². The van der Waals surface area contributed by atoms with E-state index in [-0.39, 0.29) is 5.41 Å². The van der Waals surface area contributed by atoms with Gasteiger partial charge in [0.1, 0.15) is 12.5 Å². The zero-order chi connectivity index (χ0) is 24.0. The summed E-state index contributed by atoms with van der Waals surface area (Å²) in [4.78, 5) is 0. The van der Waals surface area contributed by atoms with Crippen molar-refractivity contribution in [2.24, 2.45) is 5.92 Å². The largest absolute Gasteiger partial charge is 0.660 e. The standard InChI is InChI=1S/C31H32N2O/c1-20(2)15-24-19-32-29(30-26(24)12-14-34-30)22-11-13-33(6)28(18-22)23-16-21-9-7-8-10-25(21)27(17-23)31(3,4)5/h7-14,16-20H,6,15H2,1-5H3. The maximum absolute atomic E-state index is 5.94. The highest BCUT2D eigenvalue weighted by Crippen LogP contribution is 2.38. The topological polar surface area (TPSA) is 33.1 Å². The van der Waals surface area contributed by atoms with Crippen LogP contribution in [0.5, 0.6) is 0 Å². The van der Waals surface area contributed by atoms with Gasteiger partial charge in [0.25, 0.3) is 0 Å². The number of hydrogen-bond donors (Lipinski definition) is 0. The van der Waals surface area contributed by atoms with Crippen LogP contribution in [0.25, 0.3) is 38.6 Å². The van der Waals surface area contributed by atoms with Crippen LogP contribution in [0.15, 0.2) is 77.7 Å². The van der Waals surface area contributed by atoms with Gasteiger partial charge < -0.3 is 9.73 Å². The van der Waals surface area contributed by atoms with Crippen molar-refractivity contribution in [3.63, 3.8) is 0 Å². The highest BCUT2D eigenvalue weighted by atomic mass is 16.3. The lowest BCUT2D eigenvalue weighted by molar-refractivity contribution is -0.486. The molecule has 5 rings (SSSR count). The first kappa shape index (κ1) is 22.2. The normalized spacial score (nSPS) is 15.3. The van der Waals surface area contributed by atoms with Crippen molar-refractivity contribution in [2.75, 3.05) is 0 Å². The van der Waals surface area contributed by atoms with Crippen LogP contribution < -0.4 is 9.46 Å². The summed E-state index contributed by atoms with van der Waals surface area (Å²) in [7, 11) is 0. The minimum atomic E-state index is 0.0212. The number of hydrogen-bond acceptors (Lipinski definition) is 1. The minimum absolute atomic E-state index is 0.0212. The van der Waals surface area contributed by atoms with E-state index in [9.17, 15) is 0 Å². The molecule has 3 nitrogen and oxygen atoms in total. The van der Waals surface area contributed by atoms with Crippen molar-refractivity contribution in [1.29, 1.82) is 0 Å². The summed E-state index contributed by atoms with van der Waals surface area (Å²) in [6, 6.07) is 19.5. The molecule has 0 amide bonds. The van der Waals surface area contributed by atoms with E-state index in [1.807, 2.05) is 16.6 Å². The molecule has 0 aliphatic carbocycles. The molecule has 172 valence electrons. The van der Waals surface area contributed by atoms with Gasteiger partial charge in [0.2, 0.25) is 5.69 Å². The fourth-order valence-corrected chi connectivity index (χ4v) is 4.83. The summed E-state index contributed by atoms with van der Waals surface area (Å²) in [6.07, 6.45) is 6.76. The molecule has 0 atom stereocenters. The van der Waals surface area contributed by atoms with Gasteiger partial charge in [-0.25, -0.2) is 0 Å². The molecule has 2 aromatic heterocycles. The molecule has 3 heterocycles. The summed E-state index contributed by atoms with van der Waals surface area (Å²) >= 11 is 0. The maximum atomic E-state index is 5.94. The van der Waals surface area contributed by atoms with E-state index < -0.39 is 0 Å². The molecule has 0 saturated carbocycles. The molecule has 0 fully saturated rings. The molecule has 3 heteroatoms. The Bertz CT molecular complexity index is 1530. The molecular weight excluding hydrogens is 416 g/mol. The SMILES string of the molecule is C=[n+]1ccc(=C2[N-]C=C(CC(C)C)c3ccoc32)cc1-c1cc(C(C)(C)C)c2ccccc2c1. The second-order valence-corrected chi connectivity index (χ2v) is 10.7. The van der Waals surface area contributed by atoms with Gasteiger partial charge >= 0.3 is 0 Å². The van der Waals surface area contributed by atoms with E-state index in [0.717, 1.165) is 39.9 Å². The molecular formula is C31H32N2O. The van der Waals surface area contributed by atoms with Crippen molar-refractivity contribution in [3.8, 4) is 11.3 Å². The van der Waals surface area contributed by atoms with Gasteiger partial charge in [-0.1, -0.05) is 70.2 Å².